The Morgan fingerprint density at radius 1 is 0.950 bits per heavy atom. The van der Waals surface area contributed by atoms with Crippen molar-refractivity contribution in [2.75, 3.05) is 13.6 Å². The summed E-state index contributed by atoms with van der Waals surface area (Å²) in [4.78, 5) is 4.42. The number of pyridine rings is 1. The number of nitrogens with one attached hydrogen (secondary N) is 1. The van der Waals surface area contributed by atoms with Crippen molar-refractivity contribution in [3.05, 3.63) is 65.0 Å². The first-order chi connectivity index (χ1) is 9.69. The number of hydrogen-bond acceptors (Lipinski definition) is 2. The summed E-state index contributed by atoms with van der Waals surface area (Å²) in [5, 5.41) is 2.93. The Morgan fingerprint density at radius 3 is 2.20 bits per heavy atom. The maximum absolute atomic E-state index is 4.42. The van der Waals surface area contributed by atoms with Gasteiger partial charge in [0.2, 0.25) is 0 Å². The summed E-state index contributed by atoms with van der Waals surface area (Å²) in [5.74, 6) is 0. The average molecular weight is 270 g/mol. The fraction of sp³-hybridized carbons (Fsp3) is 0.389. The molecule has 1 N–H and O–H groups in total. The average Bonchev–Trinajstić information content (AvgIpc) is 2.48. The van der Waals surface area contributed by atoms with Crippen LogP contribution in [0.2, 0.25) is 0 Å². The van der Waals surface area contributed by atoms with Gasteiger partial charge in [0.25, 0.3) is 0 Å². The lowest BCUT2D eigenvalue weighted by Crippen LogP contribution is -2.01. The number of nitrogens with zero attached hydrogens (tertiary/aromatic N) is 1. The lowest BCUT2D eigenvalue weighted by atomic mass is 10.0. The van der Waals surface area contributed by atoms with E-state index in [1.165, 1.54) is 22.4 Å². The van der Waals surface area contributed by atoms with Gasteiger partial charge >= 0.3 is 0 Å². The third-order valence-corrected chi connectivity index (χ3v) is 3.36. The van der Waals surface area contributed by atoms with E-state index in [4.69, 9.17) is 0 Å². The monoisotopic (exact) mass is 270 g/mol. The van der Waals surface area contributed by atoms with Gasteiger partial charge in [0.05, 0.1) is 0 Å². The Morgan fingerprint density at radius 2 is 1.60 bits per heavy atom. The molecule has 0 saturated carbocycles. The van der Waals surface area contributed by atoms with Gasteiger partial charge in [-0.1, -0.05) is 37.3 Å². The molecule has 1 aromatic carbocycles. The fourth-order valence-corrected chi connectivity index (χ4v) is 1.92. The summed E-state index contributed by atoms with van der Waals surface area (Å²) < 4.78 is 0. The van der Waals surface area contributed by atoms with Gasteiger partial charge < -0.3 is 5.32 Å². The lowest BCUT2D eigenvalue weighted by Gasteiger charge is -2.06. The molecule has 1 heterocycles. The summed E-state index contributed by atoms with van der Waals surface area (Å²) in [6.07, 6.45) is 3.97. The summed E-state index contributed by atoms with van der Waals surface area (Å²) in [6, 6.07) is 12.7. The van der Waals surface area contributed by atoms with Crippen molar-refractivity contribution in [2.45, 2.75) is 33.6 Å². The molecule has 0 bridgehead atoms. The molecule has 2 heteroatoms. The van der Waals surface area contributed by atoms with E-state index in [2.05, 4.69) is 61.4 Å². The number of hydrogen-bond donors (Lipinski definition) is 1. The van der Waals surface area contributed by atoms with Crippen LogP contribution in [0, 0.1) is 13.8 Å². The predicted octanol–water partition coefficient (Wildman–Crippen LogP) is 3.71. The molecule has 0 atom stereocenters. The van der Waals surface area contributed by atoms with E-state index in [0.29, 0.717) is 0 Å². The molecular weight excluding hydrogens is 244 g/mol. The standard InChI is InChI=1S/C15H17N.C3H9N/c1-12-6-3-4-8-14(12)9-10-15-13(2)7-5-11-16-15;1-3-4-2/h3-8,11H,9-10H2,1-2H3;4H,3H2,1-2H3. The Labute approximate surface area is 123 Å². The first-order valence-electron chi connectivity index (χ1n) is 7.28. The van der Waals surface area contributed by atoms with Crippen molar-refractivity contribution in [3.8, 4) is 0 Å². The summed E-state index contributed by atoms with van der Waals surface area (Å²) >= 11 is 0. The quantitative estimate of drug-likeness (QED) is 0.916. The molecule has 0 aliphatic heterocycles. The normalized spacial score (nSPS) is 9.80. The van der Waals surface area contributed by atoms with E-state index >= 15 is 0 Å². The molecule has 2 rings (SSSR count). The molecule has 20 heavy (non-hydrogen) atoms. The summed E-state index contributed by atoms with van der Waals surface area (Å²) in [5.41, 5.74) is 5.30. The SMILES string of the molecule is CCNC.Cc1ccccc1CCc1ncccc1C. The van der Waals surface area contributed by atoms with Crippen molar-refractivity contribution < 1.29 is 0 Å². The number of benzene rings is 1. The summed E-state index contributed by atoms with van der Waals surface area (Å²) in [7, 11) is 1.93. The van der Waals surface area contributed by atoms with Crippen molar-refractivity contribution in [2.24, 2.45) is 0 Å². The molecule has 2 nitrogen and oxygen atoms in total. The van der Waals surface area contributed by atoms with Crippen LogP contribution in [0.1, 0.15) is 29.3 Å². The first-order valence-corrected chi connectivity index (χ1v) is 7.28. The molecule has 1 aromatic heterocycles. The van der Waals surface area contributed by atoms with Crippen molar-refractivity contribution in [3.63, 3.8) is 0 Å². The molecule has 0 fully saturated rings. The Kier molecular flexibility index (Phi) is 7.59. The Balaban J connectivity index is 0.000000444. The van der Waals surface area contributed by atoms with Gasteiger partial charge in [-0.2, -0.15) is 0 Å². The highest BCUT2D eigenvalue weighted by molar-refractivity contribution is 5.27. The number of rotatable bonds is 4. The highest BCUT2D eigenvalue weighted by Gasteiger charge is 2.01. The predicted molar refractivity (Wildman–Crippen MR) is 87.2 cm³/mol. The third-order valence-electron chi connectivity index (χ3n) is 3.36. The van der Waals surface area contributed by atoms with Crippen LogP contribution in [0.15, 0.2) is 42.6 Å². The van der Waals surface area contributed by atoms with Gasteiger partial charge in [-0.05, 0) is 63.0 Å². The smallest absolute Gasteiger partial charge is 0.0436 e. The van der Waals surface area contributed by atoms with Crippen molar-refractivity contribution >= 4 is 0 Å². The largest absolute Gasteiger partial charge is 0.320 e. The molecule has 2 aromatic rings. The molecule has 0 unspecified atom stereocenters. The zero-order valence-corrected chi connectivity index (χ0v) is 13.1. The third kappa shape index (κ3) is 5.54. The van der Waals surface area contributed by atoms with E-state index in [0.717, 1.165) is 19.4 Å². The molecule has 0 amide bonds. The van der Waals surface area contributed by atoms with Gasteiger partial charge in [-0.15, -0.1) is 0 Å². The van der Waals surface area contributed by atoms with Crippen LogP contribution in [0.25, 0.3) is 0 Å². The van der Waals surface area contributed by atoms with Crippen molar-refractivity contribution in [1.29, 1.82) is 0 Å². The lowest BCUT2D eigenvalue weighted by molar-refractivity contribution is 0.864. The minimum Gasteiger partial charge on any atom is -0.320 e. The minimum atomic E-state index is 1.03. The van der Waals surface area contributed by atoms with Crippen LogP contribution in [-0.2, 0) is 12.8 Å². The Hall–Kier alpha value is -1.67. The van der Waals surface area contributed by atoms with Gasteiger partial charge in [0.15, 0.2) is 0 Å². The minimum absolute atomic E-state index is 1.03. The van der Waals surface area contributed by atoms with Crippen LogP contribution in [0.4, 0.5) is 0 Å². The van der Waals surface area contributed by atoms with Gasteiger partial charge in [-0.3, -0.25) is 4.98 Å². The highest BCUT2D eigenvalue weighted by Crippen LogP contribution is 2.12. The molecular formula is C18H26N2. The van der Waals surface area contributed by atoms with Crippen molar-refractivity contribution in [1.82, 2.24) is 10.3 Å². The van der Waals surface area contributed by atoms with E-state index < -0.39 is 0 Å². The van der Waals surface area contributed by atoms with Gasteiger partial charge in [0.1, 0.15) is 0 Å². The zero-order valence-electron chi connectivity index (χ0n) is 13.1. The second-order valence-electron chi connectivity index (χ2n) is 4.90. The number of aryl methyl sites for hydroxylation is 4. The molecule has 0 spiro atoms. The van der Waals surface area contributed by atoms with E-state index in [-0.39, 0.29) is 0 Å². The van der Waals surface area contributed by atoms with E-state index in [1.54, 1.807) is 0 Å². The molecule has 0 radical (unpaired) electrons. The van der Waals surface area contributed by atoms with Crippen LogP contribution in [-0.4, -0.2) is 18.6 Å². The Bertz CT molecular complexity index is 459. The van der Waals surface area contributed by atoms with Gasteiger partial charge in [0, 0.05) is 11.9 Å². The molecule has 0 aliphatic rings. The maximum atomic E-state index is 4.42. The van der Waals surface area contributed by atoms with Crippen LogP contribution in [0.5, 0.6) is 0 Å². The van der Waals surface area contributed by atoms with E-state index in [9.17, 15) is 0 Å². The highest BCUT2D eigenvalue weighted by atomic mass is 14.8. The van der Waals surface area contributed by atoms with Crippen LogP contribution in [0.3, 0.4) is 0 Å². The molecule has 0 saturated heterocycles. The number of aromatic nitrogens is 1. The summed E-state index contributed by atoms with van der Waals surface area (Å²) in [6.45, 7) is 7.43. The first kappa shape index (κ1) is 16.4. The van der Waals surface area contributed by atoms with Gasteiger partial charge in [-0.25, -0.2) is 0 Å². The zero-order chi connectivity index (χ0) is 14.8. The fourth-order valence-electron chi connectivity index (χ4n) is 1.92. The van der Waals surface area contributed by atoms with E-state index in [1.807, 2.05) is 19.3 Å². The van der Waals surface area contributed by atoms with Crippen LogP contribution < -0.4 is 5.32 Å². The topological polar surface area (TPSA) is 24.9 Å². The maximum Gasteiger partial charge on any atom is 0.0436 e. The molecule has 108 valence electrons. The molecule has 0 aliphatic carbocycles. The second-order valence-corrected chi connectivity index (χ2v) is 4.90. The van der Waals surface area contributed by atoms with Crippen LogP contribution >= 0.6 is 0 Å². The second kappa shape index (κ2) is 9.27.